The molecular weight excluding hydrogens is 200 g/mol. The van der Waals surface area contributed by atoms with E-state index in [2.05, 4.69) is 0 Å². The van der Waals surface area contributed by atoms with Crippen molar-refractivity contribution in [2.75, 3.05) is 0 Å². The van der Waals surface area contributed by atoms with Gasteiger partial charge in [-0.3, -0.25) is 4.18 Å². The molecule has 0 amide bonds. The van der Waals surface area contributed by atoms with E-state index in [1.54, 1.807) is 0 Å². The number of fused-ring (bicyclic) bond motifs is 1. The molecule has 14 heavy (non-hydrogen) atoms. The summed E-state index contributed by atoms with van der Waals surface area (Å²) in [5, 5.41) is 0. The summed E-state index contributed by atoms with van der Waals surface area (Å²) >= 11 is -2.42. The average molecular weight is 211 g/mol. The van der Waals surface area contributed by atoms with E-state index in [1.807, 2.05) is 24.3 Å². The van der Waals surface area contributed by atoms with Crippen LogP contribution in [0, 0.1) is 0 Å². The summed E-state index contributed by atoms with van der Waals surface area (Å²) in [6.07, 6.45) is 2.50. The molecule has 2 atom stereocenters. The third-order valence-electron chi connectivity index (χ3n) is 2.51. The van der Waals surface area contributed by atoms with Crippen molar-refractivity contribution in [2.45, 2.75) is 25.4 Å². The molecule has 76 valence electrons. The first-order valence-corrected chi connectivity index (χ1v) is 5.61. The highest BCUT2D eigenvalue weighted by atomic mass is 32.2. The van der Waals surface area contributed by atoms with Crippen LogP contribution in [0.15, 0.2) is 24.3 Å². The highest BCUT2D eigenvalue weighted by molar-refractivity contribution is 7.74. The molecule has 0 aromatic heterocycles. The lowest BCUT2D eigenvalue weighted by atomic mass is 9.90. The summed E-state index contributed by atoms with van der Waals surface area (Å²) in [6, 6.07) is 7.84. The fraction of sp³-hybridized carbons (Fsp3) is 0.400. The topological polar surface area (TPSA) is 49.4 Å². The van der Waals surface area contributed by atoms with Crippen LogP contribution >= 0.6 is 0 Å². The van der Waals surface area contributed by atoms with Gasteiger partial charge in [0.15, 0.2) is 0 Å². The number of benzene rings is 1. The Morgan fingerprint density at radius 3 is 3.00 bits per heavy atom. The predicted molar refractivity (Wildman–Crippen MR) is 52.1 cm³/mol. The minimum Gasteiger partial charge on any atom is -0.750 e. The largest absolute Gasteiger partial charge is 0.750 e. The molecule has 0 spiro atoms. The molecule has 0 heterocycles. The summed E-state index contributed by atoms with van der Waals surface area (Å²) < 4.78 is 25.7. The smallest absolute Gasteiger partial charge is 0.0989 e. The third-order valence-corrected chi connectivity index (χ3v) is 2.90. The Labute approximate surface area is 85.6 Å². The maximum Gasteiger partial charge on any atom is 0.0989 e. The Morgan fingerprint density at radius 1 is 1.43 bits per heavy atom. The third kappa shape index (κ3) is 2.03. The fourth-order valence-electron chi connectivity index (χ4n) is 1.90. The van der Waals surface area contributed by atoms with Crippen LogP contribution < -0.4 is 0 Å². The van der Waals surface area contributed by atoms with Crippen LogP contribution in [0.25, 0.3) is 0 Å². The summed E-state index contributed by atoms with van der Waals surface area (Å²) in [6.45, 7) is 0. The van der Waals surface area contributed by atoms with E-state index < -0.39 is 11.4 Å². The number of rotatable bonds is 2. The zero-order chi connectivity index (χ0) is 9.97. The Hall–Kier alpha value is -0.710. The highest BCUT2D eigenvalue weighted by Crippen LogP contribution is 2.32. The van der Waals surface area contributed by atoms with Crippen LogP contribution in [0.1, 0.15) is 30.1 Å². The van der Waals surface area contributed by atoms with Gasteiger partial charge in [0, 0.05) is 0 Å². The van der Waals surface area contributed by atoms with Gasteiger partial charge in [-0.15, -0.1) is 0 Å². The molecule has 0 saturated heterocycles. The Kier molecular flexibility index (Phi) is 2.96. The lowest BCUT2D eigenvalue weighted by Gasteiger charge is -2.25. The summed E-state index contributed by atoms with van der Waals surface area (Å²) in [7, 11) is 0. The Balaban J connectivity index is 2.26. The normalized spacial score (nSPS) is 22.8. The number of hydrogen-bond donors (Lipinski definition) is 0. The van der Waals surface area contributed by atoms with E-state index in [1.165, 1.54) is 5.56 Å². The number of hydrogen-bond acceptors (Lipinski definition) is 3. The van der Waals surface area contributed by atoms with Crippen LogP contribution in [0.5, 0.6) is 0 Å². The van der Waals surface area contributed by atoms with Crippen molar-refractivity contribution < 1.29 is 12.9 Å². The van der Waals surface area contributed by atoms with Gasteiger partial charge in [0.1, 0.15) is 0 Å². The first-order valence-electron chi connectivity index (χ1n) is 4.61. The van der Waals surface area contributed by atoms with Crippen molar-refractivity contribution in [1.29, 1.82) is 0 Å². The maximum atomic E-state index is 10.5. The minimum absolute atomic E-state index is 0.279. The molecule has 0 aliphatic heterocycles. The highest BCUT2D eigenvalue weighted by Gasteiger charge is 2.20. The monoisotopic (exact) mass is 211 g/mol. The Bertz CT molecular complexity index is 351. The molecular formula is C10H11O3S-. The zero-order valence-electron chi connectivity index (χ0n) is 7.64. The van der Waals surface area contributed by atoms with Gasteiger partial charge < -0.3 is 4.55 Å². The molecule has 1 aromatic carbocycles. The van der Waals surface area contributed by atoms with Crippen molar-refractivity contribution in [3.05, 3.63) is 35.4 Å². The van der Waals surface area contributed by atoms with E-state index in [0.29, 0.717) is 0 Å². The van der Waals surface area contributed by atoms with Crippen LogP contribution in [-0.2, 0) is 22.0 Å². The summed E-state index contributed by atoms with van der Waals surface area (Å²) in [5.41, 5.74) is 2.22. The molecule has 1 aliphatic rings. The van der Waals surface area contributed by atoms with Crippen LogP contribution in [-0.4, -0.2) is 8.76 Å². The molecule has 1 aliphatic carbocycles. The molecule has 2 rings (SSSR count). The van der Waals surface area contributed by atoms with E-state index in [0.717, 1.165) is 24.8 Å². The van der Waals surface area contributed by atoms with Gasteiger partial charge in [-0.1, -0.05) is 24.3 Å². The van der Waals surface area contributed by atoms with Gasteiger partial charge in [-0.25, -0.2) is 4.21 Å². The van der Waals surface area contributed by atoms with Gasteiger partial charge in [0.2, 0.25) is 0 Å². The SMILES string of the molecule is O=S([O-])OC1CCCc2ccccc21. The van der Waals surface area contributed by atoms with Crippen molar-refractivity contribution in [1.82, 2.24) is 0 Å². The Morgan fingerprint density at radius 2 is 2.21 bits per heavy atom. The van der Waals surface area contributed by atoms with E-state index in [-0.39, 0.29) is 6.10 Å². The van der Waals surface area contributed by atoms with E-state index in [9.17, 15) is 8.76 Å². The van der Waals surface area contributed by atoms with Gasteiger partial charge in [-0.05, 0) is 30.4 Å². The molecule has 4 heteroatoms. The first kappa shape index (κ1) is 9.83. The van der Waals surface area contributed by atoms with E-state index in [4.69, 9.17) is 4.18 Å². The van der Waals surface area contributed by atoms with Crippen molar-refractivity contribution in [3.63, 3.8) is 0 Å². The summed E-state index contributed by atoms with van der Waals surface area (Å²) in [4.78, 5) is 0. The predicted octanol–water partition coefficient (Wildman–Crippen LogP) is 1.87. The van der Waals surface area contributed by atoms with Gasteiger partial charge in [0.25, 0.3) is 0 Å². The van der Waals surface area contributed by atoms with Gasteiger partial charge in [-0.2, -0.15) is 0 Å². The molecule has 0 saturated carbocycles. The van der Waals surface area contributed by atoms with Crippen molar-refractivity contribution in [2.24, 2.45) is 0 Å². The second kappa shape index (κ2) is 4.21. The lowest BCUT2D eigenvalue weighted by molar-refractivity contribution is 0.183. The minimum atomic E-state index is -2.42. The van der Waals surface area contributed by atoms with Crippen molar-refractivity contribution in [3.8, 4) is 0 Å². The molecule has 1 aromatic rings. The van der Waals surface area contributed by atoms with Gasteiger partial charge in [0.05, 0.1) is 17.5 Å². The zero-order valence-corrected chi connectivity index (χ0v) is 8.46. The average Bonchev–Trinajstić information content (AvgIpc) is 2.18. The first-order chi connectivity index (χ1) is 6.77. The standard InChI is InChI=1S/C10H12O3S/c11-14(12)13-10-7-3-5-8-4-1-2-6-9(8)10/h1-2,4,6,10H,3,5,7H2,(H,11,12)/p-1. The molecule has 3 nitrogen and oxygen atoms in total. The quantitative estimate of drug-likeness (QED) is 0.702. The molecule has 0 bridgehead atoms. The van der Waals surface area contributed by atoms with Crippen LogP contribution in [0.3, 0.4) is 0 Å². The lowest BCUT2D eigenvalue weighted by Crippen LogP contribution is -2.13. The molecule has 2 unspecified atom stereocenters. The van der Waals surface area contributed by atoms with Gasteiger partial charge >= 0.3 is 0 Å². The van der Waals surface area contributed by atoms with Crippen molar-refractivity contribution >= 4 is 11.4 Å². The number of aryl methyl sites for hydroxylation is 1. The molecule has 0 N–H and O–H groups in total. The van der Waals surface area contributed by atoms with E-state index >= 15 is 0 Å². The fourth-order valence-corrected chi connectivity index (χ4v) is 2.29. The maximum absolute atomic E-state index is 10.5. The molecule has 0 radical (unpaired) electrons. The van der Waals surface area contributed by atoms with Crippen LogP contribution in [0.2, 0.25) is 0 Å². The second-order valence-electron chi connectivity index (χ2n) is 3.38. The van der Waals surface area contributed by atoms with Crippen LogP contribution in [0.4, 0.5) is 0 Å². The summed E-state index contributed by atoms with van der Waals surface area (Å²) in [5.74, 6) is 0. The second-order valence-corrected chi connectivity index (χ2v) is 3.98. The molecule has 0 fully saturated rings.